The first kappa shape index (κ1) is 22.0. The minimum absolute atomic E-state index is 0. The maximum absolute atomic E-state index is 11.4. The minimum atomic E-state index is -0.530. The molecule has 0 saturated heterocycles. The number of rotatable bonds is 10. The lowest BCUT2D eigenvalue weighted by atomic mass is 10.1. The Morgan fingerprint density at radius 2 is 1.65 bits per heavy atom. The lowest BCUT2D eigenvalue weighted by Crippen LogP contribution is -2.32. The summed E-state index contributed by atoms with van der Waals surface area (Å²) < 4.78 is 10.6. The molecule has 0 spiro atoms. The Kier molecular flexibility index (Phi) is 10.4. The zero-order chi connectivity index (χ0) is 17.9. The molecule has 0 amide bonds. The summed E-state index contributed by atoms with van der Waals surface area (Å²) in [6.07, 6.45) is 3.25. The van der Waals surface area contributed by atoms with Gasteiger partial charge in [0, 0.05) is 0 Å². The van der Waals surface area contributed by atoms with Gasteiger partial charge < -0.3 is 15.2 Å². The summed E-state index contributed by atoms with van der Waals surface area (Å²) in [5.41, 5.74) is 8.32. The topological polar surface area (TPSA) is 61.5 Å². The smallest absolute Gasteiger partial charge is 0.322 e. The molecular formula is C21H28ClNO3. The van der Waals surface area contributed by atoms with Crippen molar-refractivity contribution in [3.8, 4) is 5.75 Å². The highest BCUT2D eigenvalue weighted by molar-refractivity contribution is 5.85. The average molecular weight is 378 g/mol. The van der Waals surface area contributed by atoms with Gasteiger partial charge in [0.05, 0.1) is 13.2 Å². The van der Waals surface area contributed by atoms with Gasteiger partial charge in [-0.1, -0.05) is 42.5 Å². The molecule has 0 fully saturated rings. The van der Waals surface area contributed by atoms with Crippen LogP contribution in [0, 0.1) is 0 Å². The van der Waals surface area contributed by atoms with Crippen LogP contribution in [-0.4, -0.2) is 25.2 Å². The highest BCUT2D eigenvalue weighted by atomic mass is 35.5. The molecule has 0 aromatic heterocycles. The summed E-state index contributed by atoms with van der Waals surface area (Å²) >= 11 is 0. The number of benzene rings is 2. The van der Waals surface area contributed by atoms with Gasteiger partial charge in [-0.2, -0.15) is 0 Å². The summed E-state index contributed by atoms with van der Waals surface area (Å²) in [5, 5.41) is 0. The van der Waals surface area contributed by atoms with E-state index in [9.17, 15) is 4.79 Å². The van der Waals surface area contributed by atoms with E-state index in [1.165, 1.54) is 11.1 Å². The van der Waals surface area contributed by atoms with Crippen LogP contribution in [0.5, 0.6) is 5.75 Å². The maximum Gasteiger partial charge on any atom is 0.322 e. The monoisotopic (exact) mass is 377 g/mol. The Hall–Kier alpha value is -2.04. The van der Waals surface area contributed by atoms with Crippen LogP contribution in [0.2, 0.25) is 0 Å². The van der Waals surface area contributed by atoms with Crippen molar-refractivity contribution in [3.63, 3.8) is 0 Å². The first-order chi connectivity index (χ1) is 12.2. The second-order valence-corrected chi connectivity index (χ2v) is 6.01. The highest BCUT2D eigenvalue weighted by Gasteiger charge is 2.13. The molecule has 0 bridgehead atoms. The molecule has 0 radical (unpaired) electrons. The number of carbonyl (C=O) groups excluding carboxylic acids is 1. The minimum Gasteiger partial charge on any atom is -0.494 e. The van der Waals surface area contributed by atoms with Crippen LogP contribution in [0.1, 0.15) is 37.3 Å². The Labute approximate surface area is 162 Å². The molecule has 142 valence electrons. The molecule has 26 heavy (non-hydrogen) atoms. The molecule has 2 aromatic rings. The van der Waals surface area contributed by atoms with Crippen LogP contribution in [0.15, 0.2) is 54.6 Å². The van der Waals surface area contributed by atoms with E-state index in [1.54, 1.807) is 6.92 Å². The van der Waals surface area contributed by atoms with E-state index >= 15 is 0 Å². The van der Waals surface area contributed by atoms with Crippen molar-refractivity contribution in [3.05, 3.63) is 65.7 Å². The van der Waals surface area contributed by atoms with Crippen LogP contribution in [0.4, 0.5) is 0 Å². The number of hydrogen-bond acceptors (Lipinski definition) is 4. The number of esters is 1. The van der Waals surface area contributed by atoms with Crippen molar-refractivity contribution in [2.45, 2.75) is 38.6 Å². The molecule has 4 nitrogen and oxygen atoms in total. The number of hydrogen-bond donors (Lipinski definition) is 1. The third kappa shape index (κ3) is 7.89. The van der Waals surface area contributed by atoms with E-state index in [2.05, 4.69) is 36.4 Å². The SMILES string of the molecule is CCOC(=O)C(N)CCCCOc1ccc(Cc2ccccc2)cc1.Cl. The molecule has 0 aliphatic heterocycles. The van der Waals surface area contributed by atoms with Gasteiger partial charge in [0.1, 0.15) is 11.8 Å². The van der Waals surface area contributed by atoms with Gasteiger partial charge in [-0.05, 0) is 55.9 Å². The summed E-state index contributed by atoms with van der Waals surface area (Å²) in [6.45, 7) is 2.77. The molecule has 5 heteroatoms. The summed E-state index contributed by atoms with van der Waals surface area (Å²) in [4.78, 5) is 11.4. The summed E-state index contributed by atoms with van der Waals surface area (Å²) in [7, 11) is 0. The second kappa shape index (κ2) is 12.3. The normalized spacial score (nSPS) is 11.3. The summed E-state index contributed by atoms with van der Waals surface area (Å²) in [6, 6.07) is 18.1. The van der Waals surface area contributed by atoms with Crippen LogP contribution in [0.3, 0.4) is 0 Å². The van der Waals surface area contributed by atoms with Gasteiger partial charge >= 0.3 is 5.97 Å². The molecular weight excluding hydrogens is 350 g/mol. The van der Waals surface area contributed by atoms with Crippen LogP contribution in [0.25, 0.3) is 0 Å². The molecule has 2 rings (SSSR count). The summed E-state index contributed by atoms with van der Waals surface area (Å²) in [5.74, 6) is 0.545. The molecule has 0 aliphatic carbocycles. The van der Waals surface area contributed by atoms with E-state index in [0.717, 1.165) is 25.0 Å². The molecule has 1 atom stereocenters. The van der Waals surface area contributed by atoms with Crippen molar-refractivity contribution >= 4 is 18.4 Å². The van der Waals surface area contributed by atoms with Crippen LogP contribution < -0.4 is 10.5 Å². The van der Waals surface area contributed by atoms with Gasteiger partial charge in [-0.15, -0.1) is 12.4 Å². The molecule has 0 saturated carbocycles. The number of nitrogens with two attached hydrogens (primary N) is 1. The zero-order valence-electron chi connectivity index (χ0n) is 15.2. The molecule has 2 aromatic carbocycles. The number of unbranched alkanes of at least 4 members (excludes halogenated alkanes) is 1. The van der Waals surface area contributed by atoms with E-state index in [-0.39, 0.29) is 18.4 Å². The quantitative estimate of drug-likeness (QED) is 0.499. The van der Waals surface area contributed by atoms with E-state index in [4.69, 9.17) is 15.2 Å². The first-order valence-corrected chi connectivity index (χ1v) is 8.87. The zero-order valence-corrected chi connectivity index (χ0v) is 16.0. The third-order valence-electron chi connectivity index (χ3n) is 3.94. The third-order valence-corrected chi connectivity index (χ3v) is 3.94. The Morgan fingerprint density at radius 1 is 1.00 bits per heavy atom. The molecule has 0 aliphatic rings. The largest absolute Gasteiger partial charge is 0.494 e. The fourth-order valence-electron chi connectivity index (χ4n) is 2.56. The molecule has 1 unspecified atom stereocenters. The van der Waals surface area contributed by atoms with Gasteiger partial charge in [0.25, 0.3) is 0 Å². The fourth-order valence-corrected chi connectivity index (χ4v) is 2.56. The predicted molar refractivity (Wildman–Crippen MR) is 107 cm³/mol. The van der Waals surface area contributed by atoms with Gasteiger partial charge in [-0.25, -0.2) is 0 Å². The molecule has 0 heterocycles. The lowest BCUT2D eigenvalue weighted by molar-refractivity contribution is -0.144. The molecule has 2 N–H and O–H groups in total. The van der Waals surface area contributed by atoms with Gasteiger partial charge in [0.15, 0.2) is 0 Å². The van der Waals surface area contributed by atoms with Crippen molar-refractivity contribution < 1.29 is 14.3 Å². The van der Waals surface area contributed by atoms with Crippen LogP contribution in [-0.2, 0) is 16.0 Å². The van der Waals surface area contributed by atoms with Crippen LogP contribution >= 0.6 is 12.4 Å². The van der Waals surface area contributed by atoms with Crippen molar-refractivity contribution in [1.29, 1.82) is 0 Å². The first-order valence-electron chi connectivity index (χ1n) is 8.87. The van der Waals surface area contributed by atoms with Crippen molar-refractivity contribution in [2.75, 3.05) is 13.2 Å². The number of carbonyl (C=O) groups is 1. The second-order valence-electron chi connectivity index (χ2n) is 6.01. The Morgan fingerprint density at radius 3 is 2.31 bits per heavy atom. The average Bonchev–Trinajstić information content (AvgIpc) is 2.63. The predicted octanol–water partition coefficient (Wildman–Crippen LogP) is 4.14. The van der Waals surface area contributed by atoms with E-state index in [0.29, 0.717) is 19.6 Å². The van der Waals surface area contributed by atoms with Gasteiger partial charge in [-0.3, -0.25) is 4.79 Å². The maximum atomic E-state index is 11.4. The lowest BCUT2D eigenvalue weighted by Gasteiger charge is -2.11. The Balaban J connectivity index is 0.00000338. The van der Waals surface area contributed by atoms with Crippen molar-refractivity contribution in [2.24, 2.45) is 5.73 Å². The Bertz CT molecular complexity index is 631. The highest BCUT2D eigenvalue weighted by Crippen LogP contribution is 2.16. The number of ether oxygens (including phenoxy) is 2. The standard InChI is InChI=1S/C21H27NO3.ClH/c1-2-24-21(23)20(22)10-6-7-15-25-19-13-11-18(12-14-19)16-17-8-4-3-5-9-17;/h3-5,8-9,11-14,20H,2,6-7,10,15-16,22H2,1H3;1H. The van der Waals surface area contributed by atoms with Gasteiger partial charge in [0.2, 0.25) is 0 Å². The van der Waals surface area contributed by atoms with E-state index < -0.39 is 6.04 Å². The fraction of sp³-hybridized carbons (Fsp3) is 0.381. The van der Waals surface area contributed by atoms with E-state index in [1.807, 2.05) is 18.2 Å². The van der Waals surface area contributed by atoms with Crippen molar-refractivity contribution in [1.82, 2.24) is 0 Å². The number of halogens is 1.